The van der Waals surface area contributed by atoms with E-state index in [4.69, 9.17) is 0 Å². The van der Waals surface area contributed by atoms with Crippen LogP contribution in [0.4, 0.5) is 5.69 Å². The molecule has 0 aliphatic carbocycles. The maximum absolute atomic E-state index is 10.9. The number of carbonyl (C=O) groups excluding carboxylic acids is 1. The summed E-state index contributed by atoms with van der Waals surface area (Å²) in [6.07, 6.45) is -2.23. The molecule has 0 saturated carbocycles. The van der Waals surface area contributed by atoms with E-state index in [0.717, 1.165) is 19.4 Å². The third-order valence-corrected chi connectivity index (χ3v) is 2.25. The standard InChI is InChI=1S/C10H12N2O6/c1-18-9(14)4-8(13)10(15)7-3-2-6(5-11-7)12(16)17/h2-3,5,8,10,13,15H,4H2,1H3. The Kier molecular flexibility index (Phi) is 4.69. The monoisotopic (exact) mass is 256 g/mol. The fourth-order valence-electron chi connectivity index (χ4n) is 1.24. The van der Waals surface area contributed by atoms with E-state index in [0.29, 0.717) is 0 Å². The molecule has 0 aliphatic rings. The van der Waals surface area contributed by atoms with Gasteiger partial charge in [-0.3, -0.25) is 19.9 Å². The van der Waals surface area contributed by atoms with Crippen LogP contribution in [0.25, 0.3) is 0 Å². The molecule has 1 rings (SSSR count). The maximum Gasteiger partial charge on any atom is 0.308 e. The molecule has 0 fully saturated rings. The maximum atomic E-state index is 10.9. The number of methoxy groups -OCH3 is 1. The topological polar surface area (TPSA) is 123 Å². The molecule has 8 nitrogen and oxygen atoms in total. The average molecular weight is 256 g/mol. The van der Waals surface area contributed by atoms with Crippen LogP contribution in [0.5, 0.6) is 0 Å². The van der Waals surface area contributed by atoms with Crippen molar-refractivity contribution in [1.29, 1.82) is 0 Å². The third-order valence-electron chi connectivity index (χ3n) is 2.25. The first-order chi connectivity index (χ1) is 8.45. The average Bonchev–Trinajstić information content (AvgIpc) is 2.37. The molecule has 1 aromatic heterocycles. The molecular formula is C10H12N2O6. The van der Waals surface area contributed by atoms with Gasteiger partial charge in [0.1, 0.15) is 12.3 Å². The van der Waals surface area contributed by atoms with E-state index in [2.05, 4.69) is 9.72 Å². The van der Waals surface area contributed by atoms with Crippen LogP contribution in [0.3, 0.4) is 0 Å². The molecule has 2 N–H and O–H groups in total. The minimum absolute atomic E-state index is 0.0389. The first kappa shape index (κ1) is 14.0. The number of aliphatic hydroxyl groups is 2. The van der Waals surface area contributed by atoms with Gasteiger partial charge in [0.25, 0.3) is 5.69 Å². The summed E-state index contributed by atoms with van der Waals surface area (Å²) in [7, 11) is 1.16. The first-order valence-corrected chi connectivity index (χ1v) is 4.99. The van der Waals surface area contributed by atoms with Crippen LogP contribution in [-0.4, -0.2) is 39.3 Å². The SMILES string of the molecule is COC(=O)CC(O)C(O)c1ccc([N+](=O)[O-])cn1. The van der Waals surface area contributed by atoms with Gasteiger partial charge in [-0.1, -0.05) is 0 Å². The molecule has 0 saturated heterocycles. The Morgan fingerprint density at radius 1 is 1.56 bits per heavy atom. The molecule has 0 aliphatic heterocycles. The van der Waals surface area contributed by atoms with Crippen molar-refractivity contribution in [1.82, 2.24) is 4.98 Å². The molecule has 0 radical (unpaired) electrons. The van der Waals surface area contributed by atoms with Crippen LogP contribution in [0.1, 0.15) is 18.2 Å². The molecule has 1 heterocycles. The van der Waals surface area contributed by atoms with Crippen LogP contribution in [0.15, 0.2) is 18.3 Å². The van der Waals surface area contributed by atoms with Crippen molar-refractivity contribution >= 4 is 11.7 Å². The van der Waals surface area contributed by atoms with E-state index in [1.165, 1.54) is 6.07 Å². The molecule has 0 bridgehead atoms. The van der Waals surface area contributed by atoms with Crippen LogP contribution in [0.2, 0.25) is 0 Å². The van der Waals surface area contributed by atoms with Crippen molar-refractivity contribution in [2.45, 2.75) is 18.6 Å². The first-order valence-electron chi connectivity index (χ1n) is 4.99. The minimum atomic E-state index is -1.41. The number of hydrogen-bond acceptors (Lipinski definition) is 7. The summed E-state index contributed by atoms with van der Waals surface area (Å²) >= 11 is 0. The number of esters is 1. The lowest BCUT2D eigenvalue weighted by molar-refractivity contribution is -0.385. The van der Waals surface area contributed by atoms with Crippen molar-refractivity contribution in [3.63, 3.8) is 0 Å². The van der Waals surface area contributed by atoms with Gasteiger partial charge in [0.15, 0.2) is 0 Å². The normalized spacial score (nSPS) is 13.7. The predicted octanol–water partition coefficient (Wildman–Crippen LogP) is -0.0528. The smallest absolute Gasteiger partial charge is 0.308 e. The molecule has 2 unspecified atom stereocenters. The lowest BCUT2D eigenvalue weighted by Gasteiger charge is -2.15. The Morgan fingerprint density at radius 3 is 2.67 bits per heavy atom. The molecule has 2 atom stereocenters. The van der Waals surface area contributed by atoms with Crippen molar-refractivity contribution in [3.05, 3.63) is 34.1 Å². The van der Waals surface area contributed by atoms with E-state index < -0.39 is 29.5 Å². The highest BCUT2D eigenvalue weighted by molar-refractivity contribution is 5.69. The van der Waals surface area contributed by atoms with Crippen LogP contribution < -0.4 is 0 Å². The van der Waals surface area contributed by atoms with Gasteiger partial charge in [0.05, 0.1) is 30.3 Å². The van der Waals surface area contributed by atoms with Crippen molar-refractivity contribution < 1.29 is 24.7 Å². The van der Waals surface area contributed by atoms with Gasteiger partial charge in [-0.2, -0.15) is 0 Å². The van der Waals surface area contributed by atoms with Crippen LogP contribution in [0, 0.1) is 10.1 Å². The van der Waals surface area contributed by atoms with Crippen LogP contribution >= 0.6 is 0 Å². The van der Waals surface area contributed by atoms with Gasteiger partial charge in [0.2, 0.25) is 0 Å². The van der Waals surface area contributed by atoms with Gasteiger partial charge in [-0.05, 0) is 6.07 Å². The molecule has 18 heavy (non-hydrogen) atoms. The van der Waals surface area contributed by atoms with Gasteiger partial charge < -0.3 is 14.9 Å². The van der Waals surface area contributed by atoms with E-state index >= 15 is 0 Å². The number of rotatable bonds is 5. The fraction of sp³-hybridized carbons (Fsp3) is 0.400. The number of nitro groups is 1. The van der Waals surface area contributed by atoms with Crippen LogP contribution in [-0.2, 0) is 9.53 Å². The number of hydrogen-bond donors (Lipinski definition) is 2. The Bertz CT molecular complexity index is 432. The van der Waals surface area contributed by atoms with Gasteiger partial charge in [-0.25, -0.2) is 0 Å². The molecular weight excluding hydrogens is 244 g/mol. The predicted molar refractivity (Wildman–Crippen MR) is 58.5 cm³/mol. The largest absolute Gasteiger partial charge is 0.469 e. The highest BCUT2D eigenvalue weighted by Crippen LogP contribution is 2.19. The summed E-state index contributed by atoms with van der Waals surface area (Å²) in [5.74, 6) is -0.677. The molecule has 0 amide bonds. The number of nitrogens with zero attached hydrogens (tertiary/aromatic N) is 2. The van der Waals surface area contributed by atoms with E-state index in [9.17, 15) is 25.1 Å². The number of aromatic nitrogens is 1. The zero-order valence-corrected chi connectivity index (χ0v) is 9.52. The fourth-order valence-corrected chi connectivity index (χ4v) is 1.24. The summed E-state index contributed by atoms with van der Waals surface area (Å²) in [6.45, 7) is 0. The van der Waals surface area contributed by atoms with E-state index in [1.54, 1.807) is 0 Å². The molecule has 8 heteroatoms. The summed E-state index contributed by atoms with van der Waals surface area (Å²) in [4.78, 5) is 24.3. The van der Waals surface area contributed by atoms with Gasteiger partial charge >= 0.3 is 5.97 Å². The summed E-state index contributed by atoms with van der Waals surface area (Å²) < 4.78 is 4.34. The van der Waals surface area contributed by atoms with Crippen molar-refractivity contribution in [3.8, 4) is 0 Å². The third kappa shape index (κ3) is 3.47. The molecule has 0 spiro atoms. The van der Waals surface area contributed by atoms with Crippen molar-refractivity contribution in [2.75, 3.05) is 7.11 Å². The summed E-state index contributed by atoms with van der Waals surface area (Å²) in [5.41, 5.74) is -0.189. The molecule has 98 valence electrons. The second-order valence-electron chi connectivity index (χ2n) is 3.49. The zero-order valence-electron chi connectivity index (χ0n) is 9.52. The second-order valence-corrected chi connectivity index (χ2v) is 3.49. The van der Waals surface area contributed by atoms with Gasteiger partial charge in [0, 0.05) is 6.07 Å². The molecule has 0 aromatic carbocycles. The Hall–Kier alpha value is -2.06. The zero-order chi connectivity index (χ0) is 13.7. The quantitative estimate of drug-likeness (QED) is 0.430. The highest BCUT2D eigenvalue weighted by Gasteiger charge is 2.23. The number of ether oxygens (including phenoxy) is 1. The van der Waals surface area contributed by atoms with E-state index in [1.807, 2.05) is 0 Å². The number of aliphatic hydroxyl groups excluding tert-OH is 2. The Labute approximate surface area is 102 Å². The van der Waals surface area contributed by atoms with Gasteiger partial charge in [-0.15, -0.1) is 0 Å². The Balaban J connectivity index is 2.74. The number of pyridine rings is 1. The summed E-state index contributed by atoms with van der Waals surface area (Å²) in [6, 6.07) is 2.36. The highest BCUT2D eigenvalue weighted by atomic mass is 16.6. The Morgan fingerprint density at radius 2 is 2.22 bits per heavy atom. The van der Waals surface area contributed by atoms with Crippen molar-refractivity contribution in [2.24, 2.45) is 0 Å². The second kappa shape index (κ2) is 6.03. The minimum Gasteiger partial charge on any atom is -0.469 e. The number of carbonyl (C=O) groups is 1. The lowest BCUT2D eigenvalue weighted by Crippen LogP contribution is -2.23. The molecule has 1 aromatic rings. The van der Waals surface area contributed by atoms with E-state index in [-0.39, 0.29) is 11.4 Å². The summed E-state index contributed by atoms with van der Waals surface area (Å²) in [5, 5.41) is 29.6. The lowest BCUT2D eigenvalue weighted by atomic mass is 10.1.